The van der Waals surface area contributed by atoms with E-state index in [9.17, 15) is 18.3 Å². The summed E-state index contributed by atoms with van der Waals surface area (Å²) in [5.41, 5.74) is 0. The summed E-state index contributed by atoms with van der Waals surface area (Å²) in [6.07, 6.45) is 1.88. The van der Waals surface area contributed by atoms with Gasteiger partial charge in [-0.25, -0.2) is 8.42 Å². The first-order chi connectivity index (χ1) is 6.37. The Morgan fingerprint density at radius 1 is 1.43 bits per heavy atom. The van der Waals surface area contributed by atoms with Gasteiger partial charge in [-0.3, -0.25) is 4.79 Å². The van der Waals surface area contributed by atoms with Gasteiger partial charge >= 0.3 is 0 Å². The van der Waals surface area contributed by atoms with Gasteiger partial charge in [0, 0.05) is 12.7 Å². The quantitative estimate of drug-likeness (QED) is 0.682. The molecule has 0 bridgehead atoms. The zero-order valence-corrected chi connectivity index (χ0v) is 9.51. The van der Waals surface area contributed by atoms with E-state index in [2.05, 4.69) is 0 Å². The lowest BCUT2D eigenvalue weighted by atomic mass is 10.1. The number of carbonyl (C=O) groups is 1. The Bertz CT molecular complexity index is 269. The third kappa shape index (κ3) is 7.03. The molecule has 0 radical (unpaired) electrons. The molecule has 1 atom stereocenters. The number of ketones is 1. The smallest absolute Gasteiger partial charge is 0.161 e. The Morgan fingerprint density at radius 2 is 2.00 bits per heavy atom. The van der Waals surface area contributed by atoms with Crippen LogP contribution in [0.3, 0.4) is 0 Å². The lowest BCUT2D eigenvalue weighted by Crippen LogP contribution is -2.20. The second-order valence-electron chi connectivity index (χ2n) is 3.50. The van der Waals surface area contributed by atoms with Gasteiger partial charge in [0.15, 0.2) is 5.78 Å². The molecule has 0 aromatic heterocycles. The minimum Gasteiger partial charge on any atom is -0.385 e. The molecular weight excluding hydrogens is 204 g/mol. The maximum atomic E-state index is 11.2. The number of carbonyl (C=O) groups excluding carboxylic acids is 1. The minimum absolute atomic E-state index is 0.0115. The second-order valence-corrected chi connectivity index (χ2v) is 5.76. The van der Waals surface area contributed by atoms with Gasteiger partial charge < -0.3 is 5.11 Å². The van der Waals surface area contributed by atoms with E-state index in [-0.39, 0.29) is 18.0 Å². The van der Waals surface area contributed by atoms with Crippen LogP contribution in [-0.4, -0.2) is 37.4 Å². The van der Waals surface area contributed by atoms with Crippen LogP contribution in [0.5, 0.6) is 0 Å². The predicted octanol–water partition coefficient (Wildman–Crippen LogP) is 0.541. The van der Waals surface area contributed by atoms with Crippen molar-refractivity contribution in [1.29, 1.82) is 0 Å². The fraction of sp³-hybridized carbons (Fsp3) is 0.889. The van der Waals surface area contributed by atoms with Gasteiger partial charge in [0.05, 0.1) is 5.75 Å². The third-order valence-corrected chi connectivity index (χ3v) is 2.90. The van der Waals surface area contributed by atoms with Gasteiger partial charge in [0.2, 0.25) is 0 Å². The van der Waals surface area contributed by atoms with Crippen molar-refractivity contribution in [2.45, 2.75) is 38.7 Å². The summed E-state index contributed by atoms with van der Waals surface area (Å²) in [7, 11) is -2.99. The average molecular weight is 222 g/mol. The molecule has 0 heterocycles. The Labute approximate surface area is 85.2 Å². The molecule has 0 aliphatic heterocycles. The molecule has 0 rings (SSSR count). The zero-order valence-electron chi connectivity index (χ0n) is 8.69. The standard InChI is InChI=1S/C9H18O4S/c1-3-5-8(10)9(11)6-4-7-14(2,12)13/h8,10H,3-7H2,1-2H3. The Balaban J connectivity index is 3.75. The van der Waals surface area contributed by atoms with Crippen LogP contribution in [0.4, 0.5) is 0 Å². The number of hydrogen-bond donors (Lipinski definition) is 1. The molecule has 0 spiro atoms. The molecule has 4 nitrogen and oxygen atoms in total. The summed E-state index contributed by atoms with van der Waals surface area (Å²) < 4.78 is 21.5. The normalized spacial score (nSPS) is 13.9. The molecule has 0 aliphatic rings. The van der Waals surface area contributed by atoms with Crippen LogP contribution in [0.2, 0.25) is 0 Å². The van der Waals surface area contributed by atoms with E-state index in [1.54, 1.807) is 0 Å². The van der Waals surface area contributed by atoms with Crippen molar-refractivity contribution in [3.8, 4) is 0 Å². The Morgan fingerprint density at radius 3 is 2.43 bits per heavy atom. The fourth-order valence-corrected chi connectivity index (χ4v) is 1.78. The van der Waals surface area contributed by atoms with Gasteiger partial charge in [0.25, 0.3) is 0 Å². The van der Waals surface area contributed by atoms with Crippen LogP contribution in [0.1, 0.15) is 32.6 Å². The molecule has 14 heavy (non-hydrogen) atoms. The summed E-state index contributed by atoms with van der Waals surface area (Å²) in [6.45, 7) is 1.88. The van der Waals surface area contributed by atoms with Crippen LogP contribution in [0.25, 0.3) is 0 Å². The van der Waals surface area contributed by atoms with Crippen molar-refractivity contribution in [3.63, 3.8) is 0 Å². The number of hydrogen-bond acceptors (Lipinski definition) is 4. The molecule has 0 aromatic carbocycles. The zero-order chi connectivity index (χ0) is 11.2. The highest BCUT2D eigenvalue weighted by Gasteiger charge is 2.14. The van der Waals surface area contributed by atoms with Crippen LogP contribution in [0.15, 0.2) is 0 Å². The van der Waals surface area contributed by atoms with Crippen molar-refractivity contribution < 1.29 is 18.3 Å². The molecule has 0 fully saturated rings. The SMILES string of the molecule is CCCC(O)C(=O)CCCS(C)(=O)=O. The second kappa shape index (κ2) is 6.14. The van der Waals surface area contributed by atoms with Crippen molar-refractivity contribution in [2.24, 2.45) is 0 Å². The Hall–Kier alpha value is -0.420. The van der Waals surface area contributed by atoms with E-state index in [1.165, 1.54) is 0 Å². The van der Waals surface area contributed by atoms with Gasteiger partial charge in [-0.15, -0.1) is 0 Å². The number of sulfone groups is 1. The van der Waals surface area contributed by atoms with E-state index in [1.807, 2.05) is 6.92 Å². The summed E-state index contributed by atoms with van der Waals surface area (Å²) in [4.78, 5) is 11.2. The number of aliphatic hydroxyl groups excluding tert-OH is 1. The highest BCUT2D eigenvalue weighted by Crippen LogP contribution is 2.03. The van der Waals surface area contributed by atoms with E-state index >= 15 is 0 Å². The number of rotatable bonds is 7. The number of Topliss-reactive ketones (excluding diaryl/α,β-unsaturated/α-hetero) is 1. The number of aliphatic hydroxyl groups is 1. The summed E-state index contributed by atoms with van der Waals surface area (Å²) in [5, 5.41) is 9.25. The Kier molecular flexibility index (Phi) is 5.95. The van der Waals surface area contributed by atoms with E-state index in [0.717, 1.165) is 12.7 Å². The average Bonchev–Trinajstić information content (AvgIpc) is 2.02. The molecule has 0 saturated carbocycles. The van der Waals surface area contributed by atoms with Gasteiger partial charge in [0.1, 0.15) is 15.9 Å². The maximum Gasteiger partial charge on any atom is 0.161 e. The lowest BCUT2D eigenvalue weighted by molar-refractivity contribution is -0.127. The van der Waals surface area contributed by atoms with E-state index in [0.29, 0.717) is 12.8 Å². The van der Waals surface area contributed by atoms with E-state index < -0.39 is 15.9 Å². The molecule has 1 unspecified atom stereocenters. The van der Waals surface area contributed by atoms with Crippen LogP contribution in [0, 0.1) is 0 Å². The minimum atomic E-state index is -2.99. The van der Waals surface area contributed by atoms with Gasteiger partial charge in [-0.2, -0.15) is 0 Å². The van der Waals surface area contributed by atoms with E-state index in [4.69, 9.17) is 0 Å². The fourth-order valence-electron chi connectivity index (χ4n) is 1.11. The first-order valence-corrected chi connectivity index (χ1v) is 6.81. The summed E-state index contributed by atoms with van der Waals surface area (Å²) in [5.74, 6) is -0.243. The first kappa shape index (κ1) is 13.6. The van der Waals surface area contributed by atoms with Crippen LogP contribution >= 0.6 is 0 Å². The largest absolute Gasteiger partial charge is 0.385 e. The monoisotopic (exact) mass is 222 g/mol. The lowest BCUT2D eigenvalue weighted by Gasteiger charge is -2.06. The molecule has 0 saturated heterocycles. The molecule has 1 N–H and O–H groups in total. The molecule has 5 heteroatoms. The van der Waals surface area contributed by atoms with Crippen molar-refractivity contribution in [3.05, 3.63) is 0 Å². The highest BCUT2D eigenvalue weighted by molar-refractivity contribution is 7.90. The van der Waals surface area contributed by atoms with Gasteiger partial charge in [-0.1, -0.05) is 13.3 Å². The highest BCUT2D eigenvalue weighted by atomic mass is 32.2. The topological polar surface area (TPSA) is 71.4 Å². The maximum absolute atomic E-state index is 11.2. The molecule has 0 aromatic rings. The summed E-state index contributed by atoms with van der Waals surface area (Å²) >= 11 is 0. The van der Waals surface area contributed by atoms with Crippen LogP contribution < -0.4 is 0 Å². The molecule has 0 aliphatic carbocycles. The van der Waals surface area contributed by atoms with Crippen molar-refractivity contribution >= 4 is 15.6 Å². The van der Waals surface area contributed by atoms with Crippen molar-refractivity contribution in [2.75, 3.05) is 12.0 Å². The summed E-state index contributed by atoms with van der Waals surface area (Å²) in [6, 6.07) is 0. The molecular formula is C9H18O4S. The molecule has 84 valence electrons. The van der Waals surface area contributed by atoms with Crippen LogP contribution in [-0.2, 0) is 14.6 Å². The van der Waals surface area contributed by atoms with Crippen molar-refractivity contribution in [1.82, 2.24) is 0 Å². The third-order valence-electron chi connectivity index (χ3n) is 1.87. The van der Waals surface area contributed by atoms with Gasteiger partial charge in [-0.05, 0) is 12.8 Å². The first-order valence-electron chi connectivity index (χ1n) is 4.75. The molecule has 0 amide bonds. The predicted molar refractivity (Wildman–Crippen MR) is 54.9 cm³/mol.